The molecule has 1 aromatic heterocycles. The largest absolute Gasteiger partial charge is 0.508 e. The Hall–Kier alpha value is -2.08. The van der Waals surface area contributed by atoms with Gasteiger partial charge in [-0.05, 0) is 45.0 Å². The Morgan fingerprint density at radius 2 is 2.14 bits per heavy atom. The molecule has 1 atom stereocenters. The number of phenols is 1. The molecule has 0 bridgehead atoms. The molecule has 1 unspecified atom stereocenters. The summed E-state index contributed by atoms with van der Waals surface area (Å²) < 4.78 is 0. The van der Waals surface area contributed by atoms with Gasteiger partial charge in [-0.15, -0.1) is 0 Å². The Kier molecular flexibility index (Phi) is 3.55. The highest BCUT2D eigenvalue weighted by molar-refractivity contribution is 5.76. The Morgan fingerprint density at radius 3 is 2.81 bits per heavy atom. The van der Waals surface area contributed by atoms with E-state index in [-0.39, 0.29) is 17.7 Å². The van der Waals surface area contributed by atoms with Gasteiger partial charge in [-0.25, -0.2) is 4.98 Å². The van der Waals surface area contributed by atoms with Gasteiger partial charge in [0.1, 0.15) is 11.6 Å². The molecule has 2 aromatic rings. The number of phenolic OH excluding ortho intramolecular Hbond substituents is 1. The minimum absolute atomic E-state index is 0.106. The van der Waals surface area contributed by atoms with Gasteiger partial charge in [-0.2, -0.15) is 0 Å². The lowest BCUT2D eigenvalue weighted by atomic mass is 9.96. The number of aromatic amines is 1. The minimum atomic E-state index is -0.693. The molecular weight excluding hydrogens is 270 g/mol. The molecule has 6 nitrogen and oxygen atoms in total. The average Bonchev–Trinajstić information content (AvgIpc) is 2.89. The third kappa shape index (κ3) is 2.71. The molecule has 0 radical (unpaired) electrons. The number of rotatable bonds is 3. The Labute approximate surface area is 122 Å². The number of aromatic hydroxyl groups is 1. The van der Waals surface area contributed by atoms with E-state index in [2.05, 4.69) is 21.8 Å². The number of piperidine rings is 1. The zero-order valence-electron chi connectivity index (χ0n) is 11.9. The van der Waals surface area contributed by atoms with Crippen LogP contribution in [0.15, 0.2) is 18.2 Å². The summed E-state index contributed by atoms with van der Waals surface area (Å²) in [7, 11) is 0. The van der Waals surface area contributed by atoms with Crippen molar-refractivity contribution in [1.82, 2.24) is 14.9 Å². The quantitative estimate of drug-likeness (QED) is 0.805. The van der Waals surface area contributed by atoms with E-state index in [0.29, 0.717) is 12.8 Å². The highest BCUT2D eigenvalue weighted by Gasteiger charge is 2.28. The lowest BCUT2D eigenvalue weighted by molar-refractivity contribution is -0.143. The molecule has 0 aliphatic carbocycles. The molecule has 112 valence electrons. The SMILES string of the molecule is CC(c1nc2ccc(O)cc2[nH]1)N1CCC(C(=O)O)CC1. The maximum absolute atomic E-state index is 11.0. The van der Waals surface area contributed by atoms with Crippen LogP contribution < -0.4 is 0 Å². The van der Waals surface area contributed by atoms with Gasteiger partial charge in [0.2, 0.25) is 0 Å². The van der Waals surface area contributed by atoms with Gasteiger partial charge in [0, 0.05) is 6.07 Å². The fourth-order valence-corrected chi connectivity index (χ4v) is 2.92. The lowest BCUT2D eigenvalue weighted by Gasteiger charge is -2.33. The Morgan fingerprint density at radius 1 is 1.43 bits per heavy atom. The van der Waals surface area contributed by atoms with Crippen LogP contribution in [0.5, 0.6) is 5.75 Å². The lowest BCUT2D eigenvalue weighted by Crippen LogP contribution is -2.38. The molecule has 2 heterocycles. The Balaban J connectivity index is 1.75. The van der Waals surface area contributed by atoms with E-state index in [0.717, 1.165) is 29.9 Å². The zero-order chi connectivity index (χ0) is 15.0. The van der Waals surface area contributed by atoms with Crippen molar-refractivity contribution in [3.05, 3.63) is 24.0 Å². The maximum Gasteiger partial charge on any atom is 0.306 e. The van der Waals surface area contributed by atoms with E-state index in [1.165, 1.54) is 0 Å². The second-order valence-corrected chi connectivity index (χ2v) is 5.65. The number of imidazole rings is 1. The molecule has 6 heteroatoms. The topological polar surface area (TPSA) is 89.5 Å². The number of carboxylic acid groups (broad SMARTS) is 1. The van der Waals surface area contributed by atoms with Gasteiger partial charge in [-0.3, -0.25) is 9.69 Å². The number of nitrogens with zero attached hydrogens (tertiary/aromatic N) is 2. The molecule has 1 aliphatic rings. The number of nitrogens with one attached hydrogen (secondary N) is 1. The molecule has 1 saturated heterocycles. The molecule has 1 aromatic carbocycles. The molecule has 21 heavy (non-hydrogen) atoms. The van der Waals surface area contributed by atoms with E-state index >= 15 is 0 Å². The van der Waals surface area contributed by atoms with Crippen LogP contribution in [-0.2, 0) is 4.79 Å². The molecular formula is C15H19N3O3. The summed E-state index contributed by atoms with van der Waals surface area (Å²) in [6.07, 6.45) is 1.36. The molecule has 0 amide bonds. The standard InChI is InChI=1S/C15H19N3O3/c1-9(18-6-4-10(5-7-18)15(20)21)14-16-12-3-2-11(19)8-13(12)17-14/h2-3,8-10,19H,4-7H2,1H3,(H,16,17)(H,20,21). The van der Waals surface area contributed by atoms with E-state index in [1.54, 1.807) is 18.2 Å². The van der Waals surface area contributed by atoms with Crippen molar-refractivity contribution in [2.75, 3.05) is 13.1 Å². The second-order valence-electron chi connectivity index (χ2n) is 5.65. The number of benzene rings is 1. The van der Waals surface area contributed by atoms with Crippen molar-refractivity contribution >= 4 is 17.0 Å². The first-order valence-corrected chi connectivity index (χ1v) is 7.20. The van der Waals surface area contributed by atoms with Crippen LogP contribution in [0.25, 0.3) is 11.0 Å². The van der Waals surface area contributed by atoms with Crippen LogP contribution in [0.3, 0.4) is 0 Å². The van der Waals surface area contributed by atoms with Gasteiger partial charge < -0.3 is 15.2 Å². The summed E-state index contributed by atoms with van der Waals surface area (Å²) in [5.74, 6) is 0.152. The number of fused-ring (bicyclic) bond motifs is 1. The number of aliphatic carboxylic acids is 1. The maximum atomic E-state index is 11.0. The first kappa shape index (κ1) is 13.9. The average molecular weight is 289 g/mol. The van der Waals surface area contributed by atoms with Crippen LogP contribution >= 0.6 is 0 Å². The van der Waals surface area contributed by atoms with Crippen LogP contribution in [0.1, 0.15) is 31.6 Å². The first-order chi connectivity index (χ1) is 10.0. The molecule has 0 spiro atoms. The second kappa shape index (κ2) is 5.37. The van der Waals surface area contributed by atoms with Crippen LogP contribution in [0.4, 0.5) is 0 Å². The van der Waals surface area contributed by atoms with Crippen molar-refractivity contribution in [1.29, 1.82) is 0 Å². The van der Waals surface area contributed by atoms with Crippen molar-refractivity contribution in [2.45, 2.75) is 25.8 Å². The van der Waals surface area contributed by atoms with Crippen molar-refractivity contribution in [3.63, 3.8) is 0 Å². The van der Waals surface area contributed by atoms with Crippen LogP contribution in [0, 0.1) is 5.92 Å². The molecule has 0 saturated carbocycles. The molecule has 1 fully saturated rings. The number of hydrogen-bond donors (Lipinski definition) is 3. The van der Waals surface area contributed by atoms with E-state index in [4.69, 9.17) is 5.11 Å². The third-order valence-electron chi connectivity index (χ3n) is 4.31. The van der Waals surface area contributed by atoms with Crippen LogP contribution in [-0.4, -0.2) is 44.1 Å². The van der Waals surface area contributed by atoms with Gasteiger partial charge >= 0.3 is 5.97 Å². The summed E-state index contributed by atoms with van der Waals surface area (Å²) in [6.45, 7) is 3.60. The molecule has 3 N–H and O–H groups in total. The monoisotopic (exact) mass is 289 g/mol. The summed E-state index contributed by atoms with van der Waals surface area (Å²) in [5.41, 5.74) is 1.65. The zero-order valence-corrected chi connectivity index (χ0v) is 11.9. The number of hydrogen-bond acceptors (Lipinski definition) is 4. The number of carbonyl (C=O) groups is 1. The fraction of sp³-hybridized carbons (Fsp3) is 0.467. The Bertz CT molecular complexity index is 659. The summed E-state index contributed by atoms with van der Waals surface area (Å²) >= 11 is 0. The predicted molar refractivity (Wildman–Crippen MR) is 78.1 cm³/mol. The highest BCUT2D eigenvalue weighted by atomic mass is 16.4. The fourth-order valence-electron chi connectivity index (χ4n) is 2.92. The smallest absolute Gasteiger partial charge is 0.306 e. The number of H-pyrrole nitrogens is 1. The number of carboxylic acids is 1. The molecule has 3 rings (SSSR count). The normalized spacial score (nSPS) is 18.9. The van der Waals surface area contributed by atoms with Crippen LogP contribution in [0.2, 0.25) is 0 Å². The van der Waals surface area contributed by atoms with Gasteiger partial charge in [0.25, 0.3) is 0 Å². The highest BCUT2D eigenvalue weighted by Crippen LogP contribution is 2.27. The van der Waals surface area contributed by atoms with Crippen molar-refractivity contribution in [3.8, 4) is 5.75 Å². The van der Waals surface area contributed by atoms with Gasteiger partial charge in [0.15, 0.2) is 0 Å². The van der Waals surface area contributed by atoms with E-state index in [9.17, 15) is 9.90 Å². The summed E-state index contributed by atoms with van der Waals surface area (Å²) in [6, 6.07) is 5.17. The van der Waals surface area contributed by atoms with E-state index in [1.807, 2.05) is 0 Å². The van der Waals surface area contributed by atoms with Gasteiger partial charge in [0.05, 0.1) is 23.0 Å². The predicted octanol–water partition coefficient (Wildman–Crippen LogP) is 2.13. The summed E-state index contributed by atoms with van der Waals surface area (Å²) in [5, 5.41) is 18.5. The molecule has 1 aliphatic heterocycles. The number of likely N-dealkylation sites (tertiary alicyclic amines) is 1. The van der Waals surface area contributed by atoms with Crippen molar-refractivity contribution in [2.24, 2.45) is 5.92 Å². The number of aromatic nitrogens is 2. The minimum Gasteiger partial charge on any atom is -0.508 e. The first-order valence-electron chi connectivity index (χ1n) is 7.20. The van der Waals surface area contributed by atoms with E-state index < -0.39 is 5.97 Å². The third-order valence-corrected chi connectivity index (χ3v) is 4.31. The van der Waals surface area contributed by atoms with Gasteiger partial charge in [-0.1, -0.05) is 0 Å². The summed E-state index contributed by atoms with van der Waals surface area (Å²) in [4.78, 5) is 21.0. The van der Waals surface area contributed by atoms with Crippen molar-refractivity contribution < 1.29 is 15.0 Å².